The molecule has 0 radical (unpaired) electrons. The highest BCUT2D eigenvalue weighted by molar-refractivity contribution is 6.03. The highest BCUT2D eigenvalue weighted by Gasteiger charge is 2.15. The number of pyridine rings is 1. The average molecular weight is 301 g/mol. The molecule has 1 fully saturated rings. The van der Waals surface area contributed by atoms with E-state index in [-0.39, 0.29) is 23.6 Å². The van der Waals surface area contributed by atoms with Crippen molar-refractivity contribution in [2.75, 3.05) is 31.1 Å². The van der Waals surface area contributed by atoms with Crippen molar-refractivity contribution in [1.29, 1.82) is 0 Å². The van der Waals surface area contributed by atoms with Crippen molar-refractivity contribution in [2.24, 2.45) is 5.73 Å². The summed E-state index contributed by atoms with van der Waals surface area (Å²) in [6.07, 6.45) is 0. The number of carbonyl (C=O) groups is 1. The van der Waals surface area contributed by atoms with Crippen molar-refractivity contribution in [1.82, 2.24) is 20.5 Å². The second-order valence-corrected chi connectivity index (χ2v) is 4.24. The van der Waals surface area contributed by atoms with Crippen LogP contribution < -0.4 is 16.0 Å². The number of aromatic amines is 1. The van der Waals surface area contributed by atoms with Crippen LogP contribution in [0, 0.1) is 0 Å². The molecule has 1 amide bonds. The first-order valence-electron chi connectivity index (χ1n) is 5.86. The molecular weight excluding hydrogens is 284 g/mol. The summed E-state index contributed by atoms with van der Waals surface area (Å²) in [5.74, 6) is 0.349. The highest BCUT2D eigenvalue weighted by Crippen LogP contribution is 2.19. The topological polar surface area (TPSA) is 131 Å². The molecule has 0 bridgehead atoms. The molecular formula is C11H17ClN6O2. The van der Waals surface area contributed by atoms with Crippen molar-refractivity contribution in [3.05, 3.63) is 17.8 Å². The smallest absolute Gasteiger partial charge is 0.269 e. The molecule has 6 N–H and O–H groups in total. The molecule has 2 aromatic heterocycles. The molecule has 0 saturated carbocycles. The van der Waals surface area contributed by atoms with Crippen LogP contribution in [-0.4, -0.2) is 52.7 Å². The number of piperazine rings is 1. The quantitative estimate of drug-likeness (QED) is 0.659. The van der Waals surface area contributed by atoms with Gasteiger partial charge in [-0.25, -0.2) is 4.98 Å². The molecule has 9 heteroatoms. The first-order valence-corrected chi connectivity index (χ1v) is 5.86. The summed E-state index contributed by atoms with van der Waals surface area (Å²) < 4.78 is 0. The number of anilines is 1. The Hall–Kier alpha value is -1.90. The Morgan fingerprint density at radius 3 is 2.65 bits per heavy atom. The van der Waals surface area contributed by atoms with E-state index in [0.717, 1.165) is 32.0 Å². The molecule has 3 heterocycles. The van der Waals surface area contributed by atoms with Crippen molar-refractivity contribution in [3.8, 4) is 0 Å². The maximum absolute atomic E-state index is 11.2. The van der Waals surface area contributed by atoms with Gasteiger partial charge in [-0.3, -0.25) is 9.89 Å². The van der Waals surface area contributed by atoms with E-state index >= 15 is 0 Å². The molecule has 1 aliphatic heterocycles. The largest absolute Gasteiger partial charge is 0.412 e. The summed E-state index contributed by atoms with van der Waals surface area (Å²) in [5, 5.41) is 10.6. The van der Waals surface area contributed by atoms with Crippen LogP contribution in [0.25, 0.3) is 11.0 Å². The number of rotatable bonds is 2. The number of primary amides is 1. The van der Waals surface area contributed by atoms with Gasteiger partial charge in [0, 0.05) is 26.2 Å². The van der Waals surface area contributed by atoms with Gasteiger partial charge in [0.1, 0.15) is 5.82 Å². The molecule has 8 nitrogen and oxygen atoms in total. The molecule has 0 aromatic carbocycles. The van der Waals surface area contributed by atoms with Crippen LogP contribution >= 0.6 is 12.4 Å². The van der Waals surface area contributed by atoms with Crippen molar-refractivity contribution >= 4 is 35.2 Å². The van der Waals surface area contributed by atoms with Crippen LogP contribution in [0.15, 0.2) is 12.1 Å². The Bertz CT molecular complexity index is 596. The van der Waals surface area contributed by atoms with E-state index in [2.05, 4.69) is 25.4 Å². The summed E-state index contributed by atoms with van der Waals surface area (Å²) in [6.45, 7) is 3.76. The minimum atomic E-state index is -0.544. The van der Waals surface area contributed by atoms with Gasteiger partial charge >= 0.3 is 0 Å². The van der Waals surface area contributed by atoms with E-state index in [1.807, 2.05) is 12.1 Å². The van der Waals surface area contributed by atoms with Gasteiger partial charge in [-0.15, -0.1) is 12.4 Å². The number of halogens is 1. The number of carbonyl (C=O) groups excluding carboxylic acids is 1. The minimum Gasteiger partial charge on any atom is -0.412 e. The Labute approximate surface area is 121 Å². The molecule has 0 aliphatic carbocycles. The molecule has 2 aromatic rings. The fourth-order valence-corrected chi connectivity index (χ4v) is 2.15. The van der Waals surface area contributed by atoms with Gasteiger partial charge in [-0.1, -0.05) is 0 Å². The van der Waals surface area contributed by atoms with Crippen LogP contribution in [0.1, 0.15) is 10.5 Å². The number of nitrogens with two attached hydrogens (primary N) is 1. The summed E-state index contributed by atoms with van der Waals surface area (Å²) in [6, 6.07) is 3.74. The second kappa shape index (κ2) is 6.51. The Kier molecular flexibility index (Phi) is 5.26. The summed E-state index contributed by atoms with van der Waals surface area (Å²) >= 11 is 0. The highest BCUT2D eigenvalue weighted by atomic mass is 35.5. The predicted octanol–water partition coefficient (Wildman–Crippen LogP) is -0.937. The third kappa shape index (κ3) is 2.82. The molecule has 3 rings (SSSR count). The van der Waals surface area contributed by atoms with Gasteiger partial charge in [0.2, 0.25) is 0 Å². The van der Waals surface area contributed by atoms with Crippen molar-refractivity contribution < 1.29 is 10.3 Å². The normalized spacial score (nSPS) is 14.5. The summed E-state index contributed by atoms with van der Waals surface area (Å²) in [5.41, 5.74) is 6.07. The maximum atomic E-state index is 11.2. The summed E-state index contributed by atoms with van der Waals surface area (Å²) in [7, 11) is 0. The average Bonchev–Trinajstić information content (AvgIpc) is 2.82. The van der Waals surface area contributed by atoms with Gasteiger partial charge < -0.3 is 21.4 Å². The van der Waals surface area contributed by atoms with E-state index < -0.39 is 5.91 Å². The number of aromatic nitrogens is 3. The number of fused-ring (bicyclic) bond motifs is 1. The van der Waals surface area contributed by atoms with Gasteiger partial charge in [0.05, 0.1) is 5.39 Å². The molecule has 1 saturated heterocycles. The van der Waals surface area contributed by atoms with Crippen LogP contribution in [0.4, 0.5) is 5.82 Å². The lowest BCUT2D eigenvalue weighted by Gasteiger charge is -2.28. The number of nitrogens with zero attached hydrogens (tertiary/aromatic N) is 3. The lowest BCUT2D eigenvalue weighted by molar-refractivity contribution is 0.0997. The minimum absolute atomic E-state index is 0. The Morgan fingerprint density at radius 2 is 2.00 bits per heavy atom. The Morgan fingerprint density at radius 1 is 1.30 bits per heavy atom. The first kappa shape index (κ1) is 16.2. The number of amides is 1. The molecule has 0 spiro atoms. The zero-order valence-corrected chi connectivity index (χ0v) is 11.5. The number of hydrogen-bond donors (Lipinski definition) is 3. The second-order valence-electron chi connectivity index (χ2n) is 4.24. The van der Waals surface area contributed by atoms with Crippen LogP contribution in [0.5, 0.6) is 0 Å². The van der Waals surface area contributed by atoms with Crippen LogP contribution in [-0.2, 0) is 0 Å². The van der Waals surface area contributed by atoms with Gasteiger partial charge in [0.15, 0.2) is 11.3 Å². The maximum Gasteiger partial charge on any atom is 0.269 e. The van der Waals surface area contributed by atoms with E-state index in [1.54, 1.807) is 0 Å². The predicted molar refractivity (Wildman–Crippen MR) is 78.4 cm³/mol. The monoisotopic (exact) mass is 300 g/mol. The molecule has 0 unspecified atom stereocenters. The van der Waals surface area contributed by atoms with Crippen molar-refractivity contribution in [3.63, 3.8) is 0 Å². The Balaban J connectivity index is 0.000001000. The van der Waals surface area contributed by atoms with Crippen LogP contribution in [0.2, 0.25) is 0 Å². The number of nitrogens with one attached hydrogen (secondary N) is 2. The van der Waals surface area contributed by atoms with E-state index in [1.165, 1.54) is 0 Å². The zero-order valence-electron chi connectivity index (χ0n) is 10.7. The third-order valence-corrected chi connectivity index (χ3v) is 3.08. The molecule has 110 valence electrons. The van der Waals surface area contributed by atoms with Gasteiger partial charge in [0.25, 0.3) is 5.91 Å². The SMILES string of the molecule is Cl.NC(=O)c1n[nH]c2nc(N3CCNCC3)ccc12.O. The molecule has 0 atom stereocenters. The summed E-state index contributed by atoms with van der Waals surface area (Å²) in [4.78, 5) is 17.8. The molecule has 1 aliphatic rings. The fourth-order valence-electron chi connectivity index (χ4n) is 2.15. The first-order chi connectivity index (χ1) is 8.75. The van der Waals surface area contributed by atoms with E-state index in [0.29, 0.717) is 11.0 Å². The van der Waals surface area contributed by atoms with E-state index in [9.17, 15) is 4.79 Å². The van der Waals surface area contributed by atoms with Gasteiger partial charge in [-0.05, 0) is 12.1 Å². The van der Waals surface area contributed by atoms with Crippen LogP contribution in [0.3, 0.4) is 0 Å². The van der Waals surface area contributed by atoms with Gasteiger partial charge in [-0.2, -0.15) is 5.10 Å². The lowest BCUT2D eigenvalue weighted by Crippen LogP contribution is -2.43. The van der Waals surface area contributed by atoms with E-state index in [4.69, 9.17) is 5.73 Å². The fraction of sp³-hybridized carbons (Fsp3) is 0.364. The number of H-pyrrole nitrogens is 1. The zero-order chi connectivity index (χ0) is 12.5. The number of hydrogen-bond acceptors (Lipinski definition) is 5. The van der Waals surface area contributed by atoms with Crippen molar-refractivity contribution in [2.45, 2.75) is 0 Å². The third-order valence-electron chi connectivity index (χ3n) is 3.08. The lowest BCUT2D eigenvalue weighted by atomic mass is 10.2. The standard InChI is InChI=1S/C11H14N6O.ClH.H2O/c12-10(18)9-7-1-2-8(14-11(7)16-15-9)17-5-3-13-4-6-17;;/h1-2,13H,3-6H2,(H2,12,18)(H,14,15,16);1H;1H2. The molecule has 20 heavy (non-hydrogen) atoms.